The van der Waals surface area contributed by atoms with Crippen molar-refractivity contribution in [1.82, 2.24) is 19.5 Å². The molecule has 0 aliphatic carbocycles. The summed E-state index contributed by atoms with van der Waals surface area (Å²) in [6, 6.07) is 4.15. The number of imidazole rings is 1. The molecule has 8 nitrogen and oxygen atoms in total. The van der Waals surface area contributed by atoms with E-state index in [9.17, 15) is 15.3 Å². The highest BCUT2D eigenvalue weighted by Gasteiger charge is 2.18. The number of non-ortho nitro benzene ring substituents is 1. The van der Waals surface area contributed by atoms with Crippen LogP contribution in [0.25, 0.3) is 22.4 Å². The van der Waals surface area contributed by atoms with Crippen LogP contribution in [0.1, 0.15) is 5.69 Å². The fourth-order valence-electron chi connectivity index (χ4n) is 2.16. The SMILES string of the molecule is Cc1nn(C)cc1-c1nc2ccc([N+](=O)[O-])cc2n1O. The molecule has 1 aromatic carbocycles. The lowest BCUT2D eigenvalue weighted by Gasteiger charge is -1.98. The van der Waals surface area contributed by atoms with Gasteiger partial charge in [-0.25, -0.2) is 4.98 Å². The van der Waals surface area contributed by atoms with Gasteiger partial charge in [-0.3, -0.25) is 14.8 Å². The molecule has 0 bridgehead atoms. The molecular weight excluding hydrogens is 262 g/mol. The first-order chi connectivity index (χ1) is 9.47. The van der Waals surface area contributed by atoms with Gasteiger partial charge >= 0.3 is 0 Å². The summed E-state index contributed by atoms with van der Waals surface area (Å²) >= 11 is 0. The summed E-state index contributed by atoms with van der Waals surface area (Å²) in [6.45, 7) is 1.80. The van der Waals surface area contributed by atoms with E-state index in [2.05, 4.69) is 10.1 Å². The summed E-state index contributed by atoms with van der Waals surface area (Å²) in [6.07, 6.45) is 1.73. The lowest BCUT2D eigenvalue weighted by atomic mass is 10.2. The second-order valence-electron chi connectivity index (χ2n) is 4.48. The molecule has 2 aromatic heterocycles. The van der Waals surface area contributed by atoms with Crippen LogP contribution in [0.2, 0.25) is 0 Å². The molecule has 0 radical (unpaired) electrons. The fourth-order valence-corrected chi connectivity index (χ4v) is 2.16. The third kappa shape index (κ3) is 1.69. The van der Waals surface area contributed by atoms with Crippen molar-refractivity contribution in [2.45, 2.75) is 6.92 Å². The van der Waals surface area contributed by atoms with E-state index in [-0.39, 0.29) is 11.2 Å². The summed E-state index contributed by atoms with van der Waals surface area (Å²) in [5.74, 6) is 0.311. The van der Waals surface area contributed by atoms with Crippen LogP contribution in [0.15, 0.2) is 24.4 Å². The molecule has 0 fully saturated rings. The Morgan fingerprint density at radius 2 is 2.15 bits per heavy atom. The van der Waals surface area contributed by atoms with Crippen molar-refractivity contribution in [3.8, 4) is 11.4 Å². The van der Waals surface area contributed by atoms with Crippen LogP contribution in [0, 0.1) is 17.0 Å². The van der Waals surface area contributed by atoms with Crippen LogP contribution in [-0.2, 0) is 7.05 Å². The third-order valence-corrected chi connectivity index (χ3v) is 3.08. The van der Waals surface area contributed by atoms with E-state index in [1.165, 1.54) is 18.2 Å². The molecule has 0 unspecified atom stereocenters. The van der Waals surface area contributed by atoms with Gasteiger partial charge in [0.2, 0.25) is 0 Å². The minimum absolute atomic E-state index is 0.0952. The second-order valence-corrected chi connectivity index (χ2v) is 4.48. The van der Waals surface area contributed by atoms with Crippen molar-refractivity contribution in [3.05, 3.63) is 40.2 Å². The molecule has 0 aliphatic rings. The normalized spacial score (nSPS) is 11.1. The molecule has 20 heavy (non-hydrogen) atoms. The van der Waals surface area contributed by atoms with Crippen molar-refractivity contribution in [2.75, 3.05) is 0 Å². The standard InChI is InChI=1S/C12H11N5O3/c1-7-9(6-15(2)14-7)12-13-10-4-3-8(17(19)20)5-11(10)16(12)18/h3-6,18H,1-2H3. The molecule has 8 heteroatoms. The Kier molecular flexibility index (Phi) is 2.46. The highest BCUT2D eigenvalue weighted by molar-refractivity contribution is 5.82. The first-order valence-corrected chi connectivity index (χ1v) is 5.84. The van der Waals surface area contributed by atoms with E-state index < -0.39 is 4.92 Å². The maximum absolute atomic E-state index is 10.8. The highest BCUT2D eigenvalue weighted by Crippen LogP contribution is 2.27. The van der Waals surface area contributed by atoms with E-state index in [4.69, 9.17) is 0 Å². The van der Waals surface area contributed by atoms with Gasteiger partial charge in [0.1, 0.15) is 5.52 Å². The number of aromatic nitrogens is 4. The summed E-state index contributed by atoms with van der Waals surface area (Å²) in [7, 11) is 1.77. The molecule has 102 valence electrons. The fraction of sp³-hybridized carbons (Fsp3) is 0.167. The van der Waals surface area contributed by atoms with Crippen LogP contribution in [0.5, 0.6) is 0 Å². The number of fused-ring (bicyclic) bond motifs is 1. The molecule has 0 aliphatic heterocycles. The zero-order valence-corrected chi connectivity index (χ0v) is 10.8. The zero-order valence-electron chi connectivity index (χ0n) is 10.8. The van der Waals surface area contributed by atoms with Gasteiger partial charge in [-0.2, -0.15) is 9.83 Å². The van der Waals surface area contributed by atoms with Crippen LogP contribution in [0.3, 0.4) is 0 Å². The van der Waals surface area contributed by atoms with E-state index >= 15 is 0 Å². The van der Waals surface area contributed by atoms with E-state index in [0.717, 1.165) is 4.73 Å². The van der Waals surface area contributed by atoms with Gasteiger partial charge in [-0.15, -0.1) is 0 Å². The van der Waals surface area contributed by atoms with Gasteiger partial charge in [-0.1, -0.05) is 0 Å². The zero-order chi connectivity index (χ0) is 14.4. The summed E-state index contributed by atoms with van der Waals surface area (Å²) < 4.78 is 2.47. The molecule has 0 amide bonds. The molecule has 0 saturated heterocycles. The molecule has 1 N–H and O–H groups in total. The molecule has 3 rings (SSSR count). The van der Waals surface area contributed by atoms with Gasteiger partial charge in [-0.05, 0) is 13.0 Å². The van der Waals surface area contributed by atoms with E-state index in [1.54, 1.807) is 24.9 Å². The maximum atomic E-state index is 10.8. The molecule has 3 aromatic rings. The Hall–Kier alpha value is -2.90. The monoisotopic (exact) mass is 273 g/mol. The van der Waals surface area contributed by atoms with Crippen LogP contribution < -0.4 is 0 Å². The van der Waals surface area contributed by atoms with Gasteiger partial charge in [0.25, 0.3) is 5.69 Å². The smallest absolute Gasteiger partial charge is 0.271 e. The van der Waals surface area contributed by atoms with E-state index in [0.29, 0.717) is 22.6 Å². The largest absolute Gasteiger partial charge is 0.426 e. The lowest BCUT2D eigenvalue weighted by Crippen LogP contribution is -1.95. The molecular formula is C12H11N5O3. The summed E-state index contributed by atoms with van der Waals surface area (Å²) in [5.41, 5.74) is 2.07. The molecule has 0 atom stereocenters. The average Bonchev–Trinajstić information content (AvgIpc) is 2.89. The minimum Gasteiger partial charge on any atom is -0.426 e. The molecule has 0 saturated carbocycles. The number of aryl methyl sites for hydroxylation is 2. The van der Waals surface area contributed by atoms with Crippen LogP contribution in [-0.4, -0.2) is 29.6 Å². The van der Waals surface area contributed by atoms with Crippen LogP contribution in [0.4, 0.5) is 5.69 Å². The van der Waals surface area contributed by atoms with Crippen molar-refractivity contribution in [3.63, 3.8) is 0 Å². The van der Waals surface area contributed by atoms with E-state index in [1.807, 2.05) is 0 Å². The third-order valence-electron chi connectivity index (χ3n) is 3.08. The molecule has 2 heterocycles. The van der Waals surface area contributed by atoms with Crippen molar-refractivity contribution >= 4 is 16.7 Å². The van der Waals surface area contributed by atoms with Gasteiger partial charge in [0.05, 0.1) is 21.7 Å². The highest BCUT2D eigenvalue weighted by atomic mass is 16.6. The number of nitrogens with zero attached hydrogens (tertiary/aromatic N) is 5. The van der Waals surface area contributed by atoms with Gasteiger partial charge in [0, 0.05) is 25.4 Å². The minimum atomic E-state index is -0.512. The number of nitro groups is 1. The van der Waals surface area contributed by atoms with Crippen molar-refractivity contribution in [1.29, 1.82) is 0 Å². The van der Waals surface area contributed by atoms with Crippen molar-refractivity contribution in [2.24, 2.45) is 7.05 Å². The van der Waals surface area contributed by atoms with Gasteiger partial charge in [0.15, 0.2) is 5.82 Å². The topological polar surface area (TPSA) is 99.0 Å². The number of benzene rings is 1. The number of rotatable bonds is 2. The average molecular weight is 273 g/mol. The van der Waals surface area contributed by atoms with Gasteiger partial charge < -0.3 is 5.21 Å². The Morgan fingerprint density at radius 1 is 1.40 bits per heavy atom. The first-order valence-electron chi connectivity index (χ1n) is 5.84. The van der Waals surface area contributed by atoms with Crippen molar-refractivity contribution < 1.29 is 10.1 Å². The predicted molar refractivity (Wildman–Crippen MR) is 70.5 cm³/mol. The summed E-state index contributed by atoms with van der Waals surface area (Å²) in [5, 5.41) is 25.1. The first kappa shape index (κ1) is 12.2. The number of nitro benzene ring substituents is 1. The maximum Gasteiger partial charge on any atom is 0.271 e. The Morgan fingerprint density at radius 3 is 2.75 bits per heavy atom. The molecule has 0 spiro atoms. The number of hydrogen-bond donors (Lipinski definition) is 1. The predicted octanol–water partition coefficient (Wildman–Crippen LogP) is 1.89. The summed E-state index contributed by atoms with van der Waals surface area (Å²) in [4.78, 5) is 14.6. The second kappa shape index (κ2) is 4.05. The lowest BCUT2D eigenvalue weighted by molar-refractivity contribution is -0.384. The quantitative estimate of drug-likeness (QED) is 0.436. The Balaban J connectivity index is 2.25. The Labute approximate surface area is 113 Å². The number of hydrogen-bond acceptors (Lipinski definition) is 5. The van der Waals surface area contributed by atoms with Crippen LogP contribution >= 0.6 is 0 Å². The Bertz CT molecular complexity index is 833.